The molecule has 1 unspecified atom stereocenters. The first-order valence-corrected chi connectivity index (χ1v) is 6.67. The molecule has 2 aromatic rings. The fraction of sp³-hybridized carbons (Fsp3) is 0.500. The zero-order valence-corrected chi connectivity index (χ0v) is 10.5. The summed E-state index contributed by atoms with van der Waals surface area (Å²) in [6, 6.07) is 8.68. The first kappa shape index (κ1) is 11.7. The Morgan fingerprint density at radius 3 is 3.06 bits per heavy atom. The van der Waals surface area contributed by atoms with Crippen molar-refractivity contribution < 1.29 is 5.11 Å². The molecule has 0 saturated carbocycles. The first-order valence-electron chi connectivity index (χ1n) is 6.67. The SMILES string of the molecule is OCCn1c(CC2CCCN2)nc2ccccc21. The van der Waals surface area contributed by atoms with Gasteiger partial charge in [0.1, 0.15) is 5.82 Å². The van der Waals surface area contributed by atoms with E-state index in [2.05, 4.69) is 16.0 Å². The van der Waals surface area contributed by atoms with Gasteiger partial charge < -0.3 is 15.0 Å². The molecule has 3 rings (SSSR count). The van der Waals surface area contributed by atoms with Crippen LogP contribution in [0.15, 0.2) is 24.3 Å². The quantitative estimate of drug-likeness (QED) is 0.854. The van der Waals surface area contributed by atoms with Gasteiger partial charge in [0.05, 0.1) is 17.6 Å². The van der Waals surface area contributed by atoms with Crippen LogP contribution in [-0.2, 0) is 13.0 Å². The van der Waals surface area contributed by atoms with Gasteiger partial charge in [-0.3, -0.25) is 0 Å². The molecule has 0 spiro atoms. The summed E-state index contributed by atoms with van der Waals surface area (Å²) >= 11 is 0. The highest BCUT2D eigenvalue weighted by Crippen LogP contribution is 2.19. The van der Waals surface area contributed by atoms with Gasteiger partial charge in [-0.2, -0.15) is 0 Å². The predicted molar refractivity (Wildman–Crippen MR) is 71.5 cm³/mol. The number of benzene rings is 1. The van der Waals surface area contributed by atoms with Gasteiger partial charge in [-0.25, -0.2) is 4.98 Å². The maximum Gasteiger partial charge on any atom is 0.111 e. The third-order valence-corrected chi connectivity index (χ3v) is 3.65. The molecule has 1 aliphatic heterocycles. The summed E-state index contributed by atoms with van der Waals surface area (Å²) in [5.74, 6) is 1.09. The van der Waals surface area contributed by atoms with Crippen molar-refractivity contribution >= 4 is 11.0 Å². The van der Waals surface area contributed by atoms with Crippen LogP contribution in [0.1, 0.15) is 18.7 Å². The van der Waals surface area contributed by atoms with Gasteiger partial charge in [0.2, 0.25) is 0 Å². The molecule has 1 atom stereocenters. The molecule has 0 bridgehead atoms. The lowest BCUT2D eigenvalue weighted by atomic mass is 10.1. The number of fused-ring (bicyclic) bond motifs is 1. The van der Waals surface area contributed by atoms with Crippen molar-refractivity contribution in [2.75, 3.05) is 13.2 Å². The van der Waals surface area contributed by atoms with E-state index < -0.39 is 0 Å². The van der Waals surface area contributed by atoms with Crippen molar-refractivity contribution in [2.45, 2.75) is 31.8 Å². The van der Waals surface area contributed by atoms with Crippen molar-refractivity contribution in [3.05, 3.63) is 30.1 Å². The van der Waals surface area contributed by atoms with Crippen LogP contribution in [0.5, 0.6) is 0 Å². The smallest absolute Gasteiger partial charge is 0.111 e. The average molecular weight is 245 g/mol. The molecule has 0 aliphatic carbocycles. The summed E-state index contributed by atoms with van der Waals surface area (Å²) in [6.07, 6.45) is 3.43. The summed E-state index contributed by atoms with van der Waals surface area (Å²) < 4.78 is 2.15. The molecule has 1 aliphatic rings. The van der Waals surface area contributed by atoms with Gasteiger partial charge in [-0.05, 0) is 31.5 Å². The van der Waals surface area contributed by atoms with Gasteiger partial charge in [0, 0.05) is 19.0 Å². The molecule has 2 N–H and O–H groups in total. The van der Waals surface area contributed by atoms with Crippen LogP contribution in [0, 0.1) is 0 Å². The topological polar surface area (TPSA) is 50.1 Å². The number of nitrogens with one attached hydrogen (secondary N) is 1. The van der Waals surface area contributed by atoms with Crippen LogP contribution in [0.4, 0.5) is 0 Å². The minimum atomic E-state index is 0.158. The zero-order valence-electron chi connectivity index (χ0n) is 10.5. The third kappa shape index (κ3) is 2.13. The molecule has 4 nitrogen and oxygen atoms in total. The Morgan fingerprint density at radius 1 is 1.39 bits per heavy atom. The molecule has 4 heteroatoms. The van der Waals surface area contributed by atoms with Gasteiger partial charge in [0.25, 0.3) is 0 Å². The Morgan fingerprint density at radius 2 is 2.28 bits per heavy atom. The van der Waals surface area contributed by atoms with Crippen LogP contribution in [0.3, 0.4) is 0 Å². The lowest BCUT2D eigenvalue weighted by molar-refractivity contribution is 0.275. The number of aromatic nitrogens is 2. The van der Waals surface area contributed by atoms with Crippen LogP contribution in [0.2, 0.25) is 0 Å². The Labute approximate surface area is 107 Å². The summed E-state index contributed by atoms with van der Waals surface area (Å²) in [5, 5.41) is 12.7. The second kappa shape index (κ2) is 5.08. The van der Waals surface area contributed by atoms with Crippen molar-refractivity contribution in [2.24, 2.45) is 0 Å². The molecule has 96 valence electrons. The minimum Gasteiger partial charge on any atom is -0.395 e. The van der Waals surface area contributed by atoms with E-state index in [1.165, 1.54) is 12.8 Å². The van der Waals surface area contributed by atoms with Gasteiger partial charge in [-0.15, -0.1) is 0 Å². The second-order valence-corrected chi connectivity index (χ2v) is 4.89. The van der Waals surface area contributed by atoms with E-state index in [9.17, 15) is 5.11 Å². The number of para-hydroxylation sites is 2. The van der Waals surface area contributed by atoms with E-state index in [1.807, 2.05) is 18.2 Å². The average Bonchev–Trinajstić information content (AvgIpc) is 3.00. The summed E-state index contributed by atoms with van der Waals surface area (Å²) in [5.41, 5.74) is 2.15. The number of aliphatic hydroxyl groups excluding tert-OH is 1. The van der Waals surface area contributed by atoms with Gasteiger partial charge in [0.15, 0.2) is 0 Å². The Balaban J connectivity index is 1.95. The number of imidazole rings is 1. The molecule has 2 heterocycles. The van der Waals surface area contributed by atoms with E-state index in [1.54, 1.807) is 0 Å². The van der Waals surface area contributed by atoms with Gasteiger partial charge >= 0.3 is 0 Å². The number of nitrogens with zero attached hydrogens (tertiary/aromatic N) is 2. The van der Waals surface area contributed by atoms with E-state index in [-0.39, 0.29) is 6.61 Å². The van der Waals surface area contributed by atoms with Gasteiger partial charge in [-0.1, -0.05) is 12.1 Å². The number of rotatable bonds is 4. The zero-order chi connectivity index (χ0) is 12.4. The lowest BCUT2D eigenvalue weighted by Crippen LogP contribution is -2.25. The standard InChI is InChI=1S/C14H19N3O/c18-9-8-17-13-6-2-1-5-12(13)16-14(17)10-11-4-3-7-15-11/h1-2,5-6,11,15,18H,3-4,7-10H2. The van der Waals surface area contributed by atoms with E-state index in [4.69, 9.17) is 4.98 Å². The summed E-state index contributed by atoms with van der Waals surface area (Å²) in [6.45, 7) is 1.90. The molecular weight excluding hydrogens is 226 g/mol. The molecule has 1 fully saturated rings. The van der Waals surface area contributed by atoms with Crippen molar-refractivity contribution in [3.8, 4) is 0 Å². The maximum atomic E-state index is 9.22. The van der Waals surface area contributed by atoms with Crippen LogP contribution in [-0.4, -0.2) is 33.9 Å². The Kier molecular flexibility index (Phi) is 3.30. The minimum absolute atomic E-state index is 0.158. The van der Waals surface area contributed by atoms with Crippen molar-refractivity contribution in [3.63, 3.8) is 0 Å². The van der Waals surface area contributed by atoms with Crippen LogP contribution >= 0.6 is 0 Å². The largest absolute Gasteiger partial charge is 0.395 e. The molecule has 1 aromatic carbocycles. The Bertz CT molecular complexity index is 529. The van der Waals surface area contributed by atoms with E-state index >= 15 is 0 Å². The lowest BCUT2D eigenvalue weighted by Gasteiger charge is -2.11. The molecule has 0 radical (unpaired) electrons. The molecular formula is C14H19N3O. The molecule has 0 amide bonds. The fourth-order valence-electron chi connectivity index (χ4n) is 2.78. The number of hydrogen-bond acceptors (Lipinski definition) is 3. The highest BCUT2D eigenvalue weighted by molar-refractivity contribution is 5.75. The number of aliphatic hydroxyl groups is 1. The van der Waals surface area contributed by atoms with Crippen LogP contribution < -0.4 is 5.32 Å². The fourth-order valence-corrected chi connectivity index (χ4v) is 2.78. The summed E-state index contributed by atoms with van der Waals surface area (Å²) in [4.78, 5) is 4.71. The Hall–Kier alpha value is -1.39. The van der Waals surface area contributed by atoms with Crippen molar-refractivity contribution in [1.82, 2.24) is 14.9 Å². The third-order valence-electron chi connectivity index (χ3n) is 3.65. The maximum absolute atomic E-state index is 9.22. The highest BCUT2D eigenvalue weighted by Gasteiger charge is 2.18. The van der Waals surface area contributed by atoms with E-state index in [0.717, 1.165) is 29.8 Å². The monoisotopic (exact) mass is 245 g/mol. The van der Waals surface area contributed by atoms with E-state index in [0.29, 0.717) is 12.6 Å². The van der Waals surface area contributed by atoms with Crippen LogP contribution in [0.25, 0.3) is 11.0 Å². The molecule has 18 heavy (non-hydrogen) atoms. The second-order valence-electron chi connectivity index (χ2n) is 4.89. The highest BCUT2D eigenvalue weighted by atomic mass is 16.3. The van der Waals surface area contributed by atoms with Crippen molar-refractivity contribution in [1.29, 1.82) is 0 Å². The molecule has 1 aromatic heterocycles. The summed E-state index contributed by atoms with van der Waals surface area (Å²) in [7, 11) is 0. The molecule has 1 saturated heterocycles. The predicted octanol–water partition coefficient (Wildman–Crippen LogP) is 1.32. The first-order chi connectivity index (χ1) is 8.88. The number of hydrogen-bond donors (Lipinski definition) is 2. The normalized spacial score (nSPS) is 19.7.